The van der Waals surface area contributed by atoms with Crippen LogP contribution in [0.3, 0.4) is 0 Å². The molecule has 0 bridgehead atoms. The lowest BCUT2D eigenvalue weighted by atomic mass is 10.2. The first-order chi connectivity index (χ1) is 11.7. The number of nitrogens with one attached hydrogen (secondary N) is 2. The fourth-order valence-electron chi connectivity index (χ4n) is 2.22. The van der Waals surface area contributed by atoms with Crippen LogP contribution in [0.25, 0.3) is 0 Å². The van der Waals surface area contributed by atoms with Gasteiger partial charge in [0, 0.05) is 19.5 Å². The van der Waals surface area contributed by atoms with E-state index >= 15 is 0 Å². The largest absolute Gasteiger partial charge is 0.466 e. The van der Waals surface area contributed by atoms with Crippen LogP contribution in [0, 0.1) is 0 Å². The summed E-state index contributed by atoms with van der Waals surface area (Å²) in [7, 11) is 0. The molecule has 0 atom stereocenters. The van der Waals surface area contributed by atoms with E-state index in [1.165, 1.54) is 0 Å². The number of guanidine groups is 1. The number of carbonyl (C=O) groups excluding carboxylic acids is 1. The summed E-state index contributed by atoms with van der Waals surface area (Å²) in [5, 5.41) is 6.40. The van der Waals surface area contributed by atoms with Gasteiger partial charge in [0.1, 0.15) is 0 Å². The number of hydrogen-bond acceptors (Lipinski definition) is 5. The van der Waals surface area contributed by atoms with Crippen LogP contribution in [0.4, 0.5) is 0 Å². The Kier molecular flexibility index (Phi) is 7.20. The van der Waals surface area contributed by atoms with Crippen molar-refractivity contribution in [3.63, 3.8) is 0 Å². The molecule has 0 unspecified atom stereocenters. The Bertz CT molecular complexity index is 575. The third kappa shape index (κ3) is 5.64. The van der Waals surface area contributed by atoms with Gasteiger partial charge in [-0.3, -0.25) is 4.79 Å². The molecule has 0 fully saturated rings. The molecule has 1 aliphatic rings. The lowest BCUT2D eigenvalue weighted by Crippen LogP contribution is -2.37. The highest BCUT2D eigenvalue weighted by molar-refractivity contribution is 5.79. The van der Waals surface area contributed by atoms with Gasteiger partial charge in [0.25, 0.3) is 0 Å². The standard InChI is InChI=1S/C17H25N3O4/c1-3-18-17(19-9-5-6-16(21)22-4-2)20-11-13-7-8-14-15(10-13)24-12-23-14/h7-8,10H,3-6,9,11-12H2,1-2H3,(H2,18,19,20). The van der Waals surface area contributed by atoms with Gasteiger partial charge >= 0.3 is 5.97 Å². The minimum absolute atomic E-state index is 0.165. The second-order valence-electron chi connectivity index (χ2n) is 5.22. The number of aliphatic imine (C=N–C) groups is 1. The van der Waals surface area contributed by atoms with E-state index in [1.807, 2.05) is 32.0 Å². The van der Waals surface area contributed by atoms with Gasteiger partial charge in [0.2, 0.25) is 6.79 Å². The number of ether oxygens (including phenoxy) is 3. The molecule has 0 radical (unpaired) electrons. The molecule has 7 nitrogen and oxygen atoms in total. The predicted octanol–water partition coefficient (Wildman–Crippen LogP) is 1.81. The number of benzene rings is 1. The molecule has 7 heteroatoms. The highest BCUT2D eigenvalue weighted by Gasteiger charge is 2.12. The van der Waals surface area contributed by atoms with E-state index in [4.69, 9.17) is 14.2 Å². The SMILES string of the molecule is CCNC(=NCc1ccc2c(c1)OCO2)NCCCC(=O)OCC. The van der Waals surface area contributed by atoms with Crippen molar-refractivity contribution >= 4 is 11.9 Å². The molecule has 0 saturated carbocycles. The van der Waals surface area contributed by atoms with Crippen LogP contribution in [0.1, 0.15) is 32.3 Å². The van der Waals surface area contributed by atoms with Crippen molar-refractivity contribution in [2.75, 3.05) is 26.5 Å². The molecule has 1 heterocycles. The van der Waals surface area contributed by atoms with Crippen molar-refractivity contribution < 1.29 is 19.0 Å². The molecule has 2 rings (SSSR count). The molecule has 0 spiro atoms. The van der Waals surface area contributed by atoms with Crippen LogP contribution >= 0.6 is 0 Å². The number of rotatable bonds is 8. The summed E-state index contributed by atoms with van der Waals surface area (Å²) in [6, 6.07) is 5.81. The first-order valence-electron chi connectivity index (χ1n) is 8.29. The van der Waals surface area contributed by atoms with Crippen molar-refractivity contribution in [1.29, 1.82) is 0 Å². The summed E-state index contributed by atoms with van der Waals surface area (Å²) < 4.78 is 15.6. The molecule has 0 saturated heterocycles. The van der Waals surface area contributed by atoms with E-state index in [-0.39, 0.29) is 12.8 Å². The third-order valence-corrected chi connectivity index (χ3v) is 3.36. The van der Waals surface area contributed by atoms with Gasteiger partial charge in [-0.05, 0) is 38.0 Å². The second kappa shape index (κ2) is 9.64. The van der Waals surface area contributed by atoms with Crippen molar-refractivity contribution in [2.45, 2.75) is 33.2 Å². The van der Waals surface area contributed by atoms with Gasteiger partial charge < -0.3 is 24.8 Å². The average Bonchev–Trinajstić information content (AvgIpc) is 3.04. The van der Waals surface area contributed by atoms with Gasteiger partial charge in [-0.1, -0.05) is 6.07 Å². The highest BCUT2D eigenvalue weighted by Crippen LogP contribution is 2.32. The van der Waals surface area contributed by atoms with Crippen LogP contribution in [0.2, 0.25) is 0 Å². The van der Waals surface area contributed by atoms with Crippen LogP contribution in [0.5, 0.6) is 11.5 Å². The summed E-state index contributed by atoms with van der Waals surface area (Å²) in [4.78, 5) is 15.8. The number of hydrogen-bond donors (Lipinski definition) is 2. The predicted molar refractivity (Wildman–Crippen MR) is 91.3 cm³/mol. The van der Waals surface area contributed by atoms with Crippen LogP contribution < -0.4 is 20.1 Å². The fourth-order valence-corrected chi connectivity index (χ4v) is 2.22. The molecular weight excluding hydrogens is 310 g/mol. The zero-order valence-corrected chi connectivity index (χ0v) is 14.3. The van der Waals surface area contributed by atoms with Crippen LogP contribution in [-0.2, 0) is 16.1 Å². The minimum atomic E-state index is -0.165. The Morgan fingerprint density at radius 2 is 2.08 bits per heavy atom. The Labute approximate surface area is 142 Å². The quantitative estimate of drug-likeness (QED) is 0.326. The third-order valence-electron chi connectivity index (χ3n) is 3.36. The zero-order valence-electron chi connectivity index (χ0n) is 14.3. The van der Waals surface area contributed by atoms with Crippen molar-refractivity contribution in [3.8, 4) is 11.5 Å². The number of fused-ring (bicyclic) bond motifs is 1. The first-order valence-corrected chi connectivity index (χ1v) is 8.29. The topological polar surface area (TPSA) is 81.2 Å². The Morgan fingerprint density at radius 1 is 1.25 bits per heavy atom. The van der Waals surface area contributed by atoms with E-state index in [0.29, 0.717) is 32.5 Å². The van der Waals surface area contributed by atoms with E-state index in [9.17, 15) is 4.79 Å². The molecule has 132 valence electrons. The van der Waals surface area contributed by atoms with E-state index in [2.05, 4.69) is 15.6 Å². The Balaban J connectivity index is 1.80. The van der Waals surface area contributed by atoms with Crippen LogP contribution in [0.15, 0.2) is 23.2 Å². The second-order valence-corrected chi connectivity index (χ2v) is 5.22. The molecule has 0 amide bonds. The number of nitrogens with zero attached hydrogens (tertiary/aromatic N) is 1. The fraction of sp³-hybridized carbons (Fsp3) is 0.529. The highest BCUT2D eigenvalue weighted by atomic mass is 16.7. The zero-order chi connectivity index (χ0) is 17.2. The lowest BCUT2D eigenvalue weighted by Gasteiger charge is -2.11. The van der Waals surface area contributed by atoms with Gasteiger partial charge in [-0.25, -0.2) is 4.99 Å². The molecule has 0 aromatic heterocycles. The molecule has 24 heavy (non-hydrogen) atoms. The van der Waals surface area contributed by atoms with E-state index in [0.717, 1.165) is 29.6 Å². The average molecular weight is 335 g/mol. The van der Waals surface area contributed by atoms with Gasteiger partial charge in [-0.15, -0.1) is 0 Å². The number of esters is 1. The Hall–Kier alpha value is -2.44. The van der Waals surface area contributed by atoms with Gasteiger partial charge in [0.15, 0.2) is 17.5 Å². The van der Waals surface area contributed by atoms with Crippen molar-refractivity contribution in [3.05, 3.63) is 23.8 Å². The van der Waals surface area contributed by atoms with E-state index < -0.39 is 0 Å². The van der Waals surface area contributed by atoms with Gasteiger partial charge in [0.05, 0.1) is 13.2 Å². The van der Waals surface area contributed by atoms with E-state index in [1.54, 1.807) is 0 Å². The first kappa shape index (κ1) is 17.9. The maximum atomic E-state index is 11.3. The smallest absolute Gasteiger partial charge is 0.305 e. The summed E-state index contributed by atoms with van der Waals surface area (Å²) in [6.45, 7) is 6.47. The summed E-state index contributed by atoms with van der Waals surface area (Å²) in [6.07, 6.45) is 1.11. The van der Waals surface area contributed by atoms with Gasteiger partial charge in [-0.2, -0.15) is 0 Å². The lowest BCUT2D eigenvalue weighted by molar-refractivity contribution is -0.143. The molecule has 0 aliphatic carbocycles. The molecule has 1 aromatic rings. The Morgan fingerprint density at radius 3 is 2.88 bits per heavy atom. The maximum absolute atomic E-state index is 11.3. The maximum Gasteiger partial charge on any atom is 0.305 e. The monoisotopic (exact) mass is 335 g/mol. The molecular formula is C17H25N3O4. The number of carbonyl (C=O) groups is 1. The minimum Gasteiger partial charge on any atom is -0.466 e. The summed E-state index contributed by atoms with van der Waals surface area (Å²) in [5.74, 6) is 2.09. The normalized spacial score (nSPS) is 12.8. The van der Waals surface area contributed by atoms with Crippen LogP contribution in [-0.4, -0.2) is 38.4 Å². The van der Waals surface area contributed by atoms with Crippen molar-refractivity contribution in [2.24, 2.45) is 4.99 Å². The summed E-state index contributed by atoms with van der Waals surface area (Å²) in [5.41, 5.74) is 1.04. The molecule has 1 aromatic carbocycles. The summed E-state index contributed by atoms with van der Waals surface area (Å²) >= 11 is 0. The van der Waals surface area contributed by atoms with Crippen molar-refractivity contribution in [1.82, 2.24) is 10.6 Å². The molecule has 2 N–H and O–H groups in total. The molecule has 1 aliphatic heterocycles.